The molecule has 3 rings (SSSR count). The molecule has 1 saturated heterocycles. The first-order valence-corrected chi connectivity index (χ1v) is 10.2. The average Bonchev–Trinajstić information content (AvgIpc) is 2.97. The van der Waals surface area contributed by atoms with Gasteiger partial charge in [-0.2, -0.15) is 0 Å². The number of carbonyl (C=O) groups is 1. The minimum atomic E-state index is -0.125. The van der Waals surface area contributed by atoms with Crippen molar-refractivity contribution in [1.82, 2.24) is 4.90 Å². The van der Waals surface area contributed by atoms with Crippen LogP contribution in [0.1, 0.15) is 57.9 Å². The zero-order valence-corrected chi connectivity index (χ0v) is 17.4. The van der Waals surface area contributed by atoms with Crippen LogP contribution in [0.25, 0.3) is 0 Å². The van der Waals surface area contributed by atoms with Gasteiger partial charge in [-0.05, 0) is 53.5 Å². The molecule has 2 heterocycles. The van der Waals surface area contributed by atoms with Crippen molar-refractivity contribution < 1.29 is 9.53 Å². The summed E-state index contributed by atoms with van der Waals surface area (Å²) < 4.78 is 6.66. The quantitative estimate of drug-likeness (QED) is 0.388. The van der Waals surface area contributed by atoms with Crippen molar-refractivity contribution in [2.75, 3.05) is 25.5 Å². The number of likely N-dealkylation sites (N-methyl/N-ethyl adjacent to an activating group) is 2. The third-order valence-corrected chi connectivity index (χ3v) is 6.41. The van der Waals surface area contributed by atoms with Crippen molar-refractivity contribution in [2.45, 2.75) is 64.0 Å². The number of carbonyl (C=O) groups excluding carboxylic acids is 1. The first kappa shape index (κ1) is 18.7. The lowest BCUT2D eigenvalue weighted by Gasteiger charge is -2.32. The summed E-state index contributed by atoms with van der Waals surface area (Å²) in [6.07, 6.45) is 6.33. The molecule has 0 N–H and O–H groups in total. The van der Waals surface area contributed by atoms with E-state index in [-0.39, 0.29) is 11.4 Å². The number of benzene rings is 1. The summed E-state index contributed by atoms with van der Waals surface area (Å²) in [6, 6.07) is 4.02. The van der Waals surface area contributed by atoms with E-state index in [2.05, 4.69) is 59.7 Å². The Morgan fingerprint density at radius 1 is 1.32 bits per heavy atom. The van der Waals surface area contributed by atoms with Gasteiger partial charge in [0.1, 0.15) is 5.75 Å². The van der Waals surface area contributed by atoms with Crippen molar-refractivity contribution in [3.8, 4) is 5.75 Å². The molecule has 0 radical (unpaired) electrons. The van der Waals surface area contributed by atoms with E-state index in [1.807, 2.05) is 6.07 Å². The van der Waals surface area contributed by atoms with Gasteiger partial charge in [0, 0.05) is 29.9 Å². The van der Waals surface area contributed by atoms with Crippen LogP contribution in [0.3, 0.4) is 0 Å². The smallest absolute Gasteiger partial charge is 0.311 e. The summed E-state index contributed by atoms with van der Waals surface area (Å²) in [7, 11) is 4.34. The van der Waals surface area contributed by atoms with Gasteiger partial charge in [0.05, 0.1) is 11.9 Å². The van der Waals surface area contributed by atoms with Crippen LogP contribution in [0, 0.1) is 0 Å². The van der Waals surface area contributed by atoms with Gasteiger partial charge >= 0.3 is 5.97 Å². The Morgan fingerprint density at radius 3 is 2.80 bits per heavy atom. The summed E-state index contributed by atoms with van der Waals surface area (Å²) >= 11 is 3.70. The Bertz CT molecular complexity index is 663. The van der Waals surface area contributed by atoms with Gasteiger partial charge in [-0.1, -0.05) is 33.1 Å². The van der Waals surface area contributed by atoms with Crippen LogP contribution in [-0.2, 0) is 10.2 Å². The maximum absolute atomic E-state index is 12.2. The van der Waals surface area contributed by atoms with Gasteiger partial charge in [-0.15, -0.1) is 0 Å². The zero-order valence-electron chi connectivity index (χ0n) is 15.8. The number of hydrogen-bond acceptors (Lipinski definition) is 4. The molecule has 1 aromatic rings. The molecule has 2 aliphatic rings. The fourth-order valence-corrected chi connectivity index (χ4v) is 5.29. The van der Waals surface area contributed by atoms with Gasteiger partial charge in [0.15, 0.2) is 0 Å². The number of nitrogens with zero attached hydrogens (tertiary/aromatic N) is 2. The molecule has 0 aliphatic carbocycles. The molecule has 4 nitrogen and oxygen atoms in total. The highest BCUT2D eigenvalue weighted by Gasteiger charge is 2.53. The van der Waals surface area contributed by atoms with E-state index in [1.54, 1.807) is 0 Å². The molecule has 2 atom stereocenters. The number of rotatable bonds is 6. The average molecular weight is 409 g/mol. The fraction of sp³-hybridized carbons (Fsp3) is 0.650. The third kappa shape index (κ3) is 3.33. The van der Waals surface area contributed by atoms with Crippen LogP contribution in [0.15, 0.2) is 16.6 Å². The van der Waals surface area contributed by atoms with Gasteiger partial charge < -0.3 is 9.64 Å². The highest BCUT2D eigenvalue weighted by atomic mass is 79.9. The fourth-order valence-electron chi connectivity index (χ4n) is 4.57. The summed E-state index contributed by atoms with van der Waals surface area (Å²) in [5.41, 5.74) is 2.58. The molecule has 0 saturated carbocycles. The highest BCUT2D eigenvalue weighted by Crippen LogP contribution is 2.54. The Hall–Kier alpha value is -1.07. The van der Waals surface area contributed by atoms with E-state index in [4.69, 9.17) is 4.74 Å². The molecule has 2 aliphatic heterocycles. The number of anilines is 1. The van der Waals surface area contributed by atoms with Crippen molar-refractivity contribution in [2.24, 2.45) is 0 Å². The van der Waals surface area contributed by atoms with E-state index >= 15 is 0 Å². The van der Waals surface area contributed by atoms with Crippen LogP contribution >= 0.6 is 15.9 Å². The van der Waals surface area contributed by atoms with Crippen LogP contribution in [0.2, 0.25) is 0 Å². The number of hydrogen-bond donors (Lipinski definition) is 0. The number of likely N-dealkylation sites (tertiary alicyclic amines) is 1. The van der Waals surface area contributed by atoms with Gasteiger partial charge in [-0.25, -0.2) is 0 Å². The van der Waals surface area contributed by atoms with Crippen molar-refractivity contribution in [3.05, 3.63) is 22.2 Å². The predicted octanol–water partition coefficient (Wildman–Crippen LogP) is 4.69. The number of ether oxygens (including phenoxy) is 1. The van der Waals surface area contributed by atoms with Gasteiger partial charge in [-0.3, -0.25) is 9.69 Å². The lowest BCUT2D eigenvalue weighted by atomic mass is 9.81. The second-order valence-electron chi connectivity index (χ2n) is 7.72. The van der Waals surface area contributed by atoms with E-state index in [1.165, 1.54) is 24.1 Å². The molecule has 25 heavy (non-hydrogen) atoms. The molecular weight excluding hydrogens is 380 g/mol. The van der Waals surface area contributed by atoms with E-state index in [0.29, 0.717) is 18.3 Å². The number of halogens is 1. The Morgan fingerprint density at radius 2 is 2.08 bits per heavy atom. The van der Waals surface area contributed by atoms with Crippen LogP contribution in [-0.4, -0.2) is 37.7 Å². The number of esters is 1. The number of fused-ring (bicyclic) bond motifs is 3. The summed E-state index contributed by atoms with van der Waals surface area (Å²) in [5, 5.41) is 0. The second-order valence-corrected chi connectivity index (χ2v) is 8.57. The Labute approximate surface area is 159 Å². The first-order valence-electron chi connectivity index (χ1n) is 9.36. The molecule has 0 amide bonds. The van der Waals surface area contributed by atoms with E-state index in [0.717, 1.165) is 30.3 Å². The lowest BCUT2D eigenvalue weighted by molar-refractivity contribution is -0.134. The molecular formula is C20H29BrN2O2. The zero-order chi connectivity index (χ0) is 18.2. The minimum Gasteiger partial charge on any atom is -0.426 e. The summed E-state index contributed by atoms with van der Waals surface area (Å²) in [4.78, 5) is 16.9. The molecule has 5 heteroatoms. The normalized spacial score (nSPS) is 25.2. The third-order valence-electron chi connectivity index (χ3n) is 5.81. The predicted molar refractivity (Wildman–Crippen MR) is 105 cm³/mol. The standard InChI is InChI=1S/C20H29BrN2O2/c1-5-6-7-8-9-17(24)25-14-12-15-18(16(21)13-14)23(4)19-20(15,2)10-11-22(19)3/h12-13,19H,5-11H2,1-4H3/t19?,20-/m0/s1. The molecule has 0 aromatic heterocycles. The van der Waals surface area contributed by atoms with Crippen LogP contribution in [0.4, 0.5) is 5.69 Å². The van der Waals surface area contributed by atoms with Gasteiger partial charge in [0.2, 0.25) is 0 Å². The Balaban J connectivity index is 1.79. The highest BCUT2D eigenvalue weighted by molar-refractivity contribution is 9.10. The summed E-state index contributed by atoms with van der Waals surface area (Å²) in [5.74, 6) is 0.537. The molecule has 0 spiro atoms. The van der Waals surface area contributed by atoms with Crippen molar-refractivity contribution in [3.63, 3.8) is 0 Å². The first-order chi connectivity index (χ1) is 11.9. The molecule has 138 valence electrons. The largest absolute Gasteiger partial charge is 0.426 e. The molecule has 1 unspecified atom stereocenters. The second kappa shape index (κ2) is 7.28. The molecule has 0 bridgehead atoms. The number of unbranched alkanes of at least 4 members (excludes halogenated alkanes) is 3. The van der Waals surface area contributed by atoms with E-state index in [9.17, 15) is 4.79 Å². The lowest BCUT2D eigenvalue weighted by Crippen LogP contribution is -2.45. The monoisotopic (exact) mass is 408 g/mol. The topological polar surface area (TPSA) is 32.8 Å². The molecule has 1 aromatic carbocycles. The summed E-state index contributed by atoms with van der Waals surface area (Å²) in [6.45, 7) is 5.59. The van der Waals surface area contributed by atoms with Gasteiger partial charge in [0.25, 0.3) is 0 Å². The maximum Gasteiger partial charge on any atom is 0.311 e. The SMILES string of the molecule is CCCCCCC(=O)Oc1cc(Br)c2c(c1)[C@]1(C)CCN(C)C1N2C. The Kier molecular flexibility index (Phi) is 5.45. The molecule has 1 fully saturated rings. The van der Waals surface area contributed by atoms with Crippen molar-refractivity contribution in [1.29, 1.82) is 0 Å². The van der Waals surface area contributed by atoms with E-state index < -0.39 is 0 Å². The van der Waals surface area contributed by atoms with Crippen LogP contribution in [0.5, 0.6) is 5.75 Å². The minimum absolute atomic E-state index is 0.0743. The maximum atomic E-state index is 12.2. The van der Waals surface area contributed by atoms with Crippen LogP contribution < -0.4 is 9.64 Å². The van der Waals surface area contributed by atoms with Crippen molar-refractivity contribution >= 4 is 27.6 Å².